The van der Waals surface area contributed by atoms with Gasteiger partial charge in [-0.3, -0.25) is 0 Å². The van der Waals surface area contributed by atoms with E-state index in [9.17, 15) is 0 Å². The fourth-order valence-electron chi connectivity index (χ4n) is 2.56. The maximum atomic E-state index is 5.34. The molecule has 2 rings (SSSR count). The summed E-state index contributed by atoms with van der Waals surface area (Å²) in [4.78, 5) is 8.36. The van der Waals surface area contributed by atoms with Crippen molar-refractivity contribution >= 4 is 11.6 Å². The molecule has 1 aliphatic carbocycles. The molecular weight excluding hydrogens is 228 g/mol. The first kappa shape index (κ1) is 12.9. The largest absolute Gasteiger partial charge is 0.490 e. The Kier molecular flexibility index (Phi) is 4.61. The van der Waals surface area contributed by atoms with Gasteiger partial charge in [-0.05, 0) is 12.3 Å². The molecule has 0 spiro atoms. The molecule has 0 saturated heterocycles. The summed E-state index contributed by atoms with van der Waals surface area (Å²) in [5.41, 5.74) is 0. The maximum absolute atomic E-state index is 5.34. The molecule has 0 aromatic carbocycles. The summed E-state index contributed by atoms with van der Waals surface area (Å²) in [5, 5.41) is 6.35. The van der Waals surface area contributed by atoms with E-state index in [1.807, 2.05) is 7.05 Å². The second-order valence-electron chi connectivity index (χ2n) is 4.72. The van der Waals surface area contributed by atoms with Gasteiger partial charge in [-0.25, -0.2) is 9.97 Å². The van der Waals surface area contributed by atoms with Crippen LogP contribution in [0.25, 0.3) is 0 Å². The molecule has 18 heavy (non-hydrogen) atoms. The van der Waals surface area contributed by atoms with Crippen LogP contribution in [0.3, 0.4) is 0 Å². The Bertz CT molecular complexity index is 377. The number of aromatic nitrogens is 2. The molecule has 5 nitrogen and oxygen atoms in total. The molecule has 0 bridgehead atoms. The number of nitrogens with zero attached hydrogens (tertiary/aromatic N) is 2. The highest BCUT2D eigenvalue weighted by Gasteiger charge is 2.15. The zero-order chi connectivity index (χ0) is 12.8. The Labute approximate surface area is 108 Å². The number of hydrogen-bond donors (Lipinski definition) is 2. The molecule has 0 atom stereocenters. The summed E-state index contributed by atoms with van der Waals surface area (Å²) in [5.74, 6) is 3.06. The molecule has 0 radical (unpaired) electrons. The lowest BCUT2D eigenvalue weighted by Gasteiger charge is -2.14. The summed E-state index contributed by atoms with van der Waals surface area (Å²) in [7, 11) is 3.47. The van der Waals surface area contributed by atoms with Crippen molar-refractivity contribution in [1.82, 2.24) is 9.97 Å². The molecule has 1 aromatic rings. The van der Waals surface area contributed by atoms with Gasteiger partial charge in [-0.1, -0.05) is 25.7 Å². The number of ether oxygens (including phenoxy) is 1. The highest BCUT2D eigenvalue weighted by Crippen LogP contribution is 2.30. The van der Waals surface area contributed by atoms with E-state index in [2.05, 4.69) is 20.6 Å². The van der Waals surface area contributed by atoms with Crippen molar-refractivity contribution in [2.24, 2.45) is 5.92 Å². The molecule has 1 saturated carbocycles. The normalized spacial score (nSPS) is 15.7. The van der Waals surface area contributed by atoms with E-state index in [0.29, 0.717) is 5.75 Å². The average Bonchev–Trinajstić information content (AvgIpc) is 2.91. The van der Waals surface area contributed by atoms with E-state index < -0.39 is 0 Å². The monoisotopic (exact) mass is 250 g/mol. The maximum Gasteiger partial charge on any atom is 0.204 e. The standard InChI is InChI=1S/C13H22N4O/c1-14-12-11(18-2)13(17-9-16-12)15-8-7-10-5-3-4-6-10/h9-10H,3-8H2,1-2H3,(H2,14,15,16,17). The molecule has 0 amide bonds. The van der Waals surface area contributed by atoms with E-state index in [-0.39, 0.29) is 0 Å². The topological polar surface area (TPSA) is 59.1 Å². The minimum atomic E-state index is 0.687. The lowest BCUT2D eigenvalue weighted by Crippen LogP contribution is -2.10. The Morgan fingerprint density at radius 2 is 2.00 bits per heavy atom. The van der Waals surface area contributed by atoms with Crippen molar-refractivity contribution in [3.05, 3.63) is 6.33 Å². The van der Waals surface area contributed by atoms with Gasteiger partial charge in [-0.2, -0.15) is 0 Å². The molecule has 1 aliphatic rings. The zero-order valence-corrected chi connectivity index (χ0v) is 11.2. The number of methoxy groups -OCH3 is 1. The van der Waals surface area contributed by atoms with Crippen LogP contribution in [0.15, 0.2) is 6.33 Å². The fraction of sp³-hybridized carbons (Fsp3) is 0.692. The van der Waals surface area contributed by atoms with E-state index in [4.69, 9.17) is 4.74 Å². The first-order valence-electron chi connectivity index (χ1n) is 6.65. The van der Waals surface area contributed by atoms with Crippen LogP contribution in [-0.4, -0.2) is 30.7 Å². The minimum Gasteiger partial charge on any atom is -0.490 e. The third-order valence-electron chi connectivity index (χ3n) is 3.56. The summed E-state index contributed by atoms with van der Waals surface area (Å²) < 4.78 is 5.34. The predicted molar refractivity (Wildman–Crippen MR) is 73.2 cm³/mol. The highest BCUT2D eigenvalue weighted by atomic mass is 16.5. The second-order valence-corrected chi connectivity index (χ2v) is 4.72. The Morgan fingerprint density at radius 1 is 1.28 bits per heavy atom. The third-order valence-corrected chi connectivity index (χ3v) is 3.56. The van der Waals surface area contributed by atoms with Crippen LogP contribution < -0.4 is 15.4 Å². The van der Waals surface area contributed by atoms with Crippen molar-refractivity contribution in [3.63, 3.8) is 0 Å². The molecule has 1 aromatic heterocycles. The average molecular weight is 250 g/mol. The van der Waals surface area contributed by atoms with E-state index in [1.54, 1.807) is 13.4 Å². The summed E-state index contributed by atoms with van der Waals surface area (Å²) in [6, 6.07) is 0. The minimum absolute atomic E-state index is 0.687. The first-order valence-corrected chi connectivity index (χ1v) is 6.65. The molecule has 2 N–H and O–H groups in total. The highest BCUT2D eigenvalue weighted by molar-refractivity contribution is 5.63. The van der Waals surface area contributed by atoms with E-state index >= 15 is 0 Å². The molecular formula is C13H22N4O. The van der Waals surface area contributed by atoms with Crippen LogP contribution in [0.2, 0.25) is 0 Å². The van der Waals surface area contributed by atoms with Gasteiger partial charge in [0.25, 0.3) is 0 Å². The van der Waals surface area contributed by atoms with Gasteiger partial charge >= 0.3 is 0 Å². The Balaban J connectivity index is 1.91. The molecule has 1 heterocycles. The second kappa shape index (κ2) is 6.42. The predicted octanol–water partition coefficient (Wildman–Crippen LogP) is 2.52. The van der Waals surface area contributed by atoms with E-state index in [0.717, 1.165) is 24.1 Å². The van der Waals surface area contributed by atoms with Gasteiger partial charge in [0.2, 0.25) is 5.75 Å². The Morgan fingerprint density at radius 3 is 2.67 bits per heavy atom. The van der Waals surface area contributed by atoms with Crippen molar-refractivity contribution in [3.8, 4) is 5.75 Å². The molecule has 0 unspecified atom stereocenters. The number of nitrogens with one attached hydrogen (secondary N) is 2. The summed E-state index contributed by atoms with van der Waals surface area (Å²) in [6.07, 6.45) is 8.31. The number of hydrogen-bond acceptors (Lipinski definition) is 5. The van der Waals surface area contributed by atoms with Crippen LogP contribution in [-0.2, 0) is 0 Å². The van der Waals surface area contributed by atoms with Crippen LogP contribution in [0.5, 0.6) is 5.75 Å². The van der Waals surface area contributed by atoms with Crippen molar-refractivity contribution < 1.29 is 4.74 Å². The van der Waals surface area contributed by atoms with E-state index in [1.165, 1.54) is 32.1 Å². The van der Waals surface area contributed by atoms with Gasteiger partial charge in [0, 0.05) is 13.6 Å². The van der Waals surface area contributed by atoms with Crippen molar-refractivity contribution in [2.75, 3.05) is 31.3 Å². The quantitative estimate of drug-likeness (QED) is 0.812. The molecule has 0 aliphatic heterocycles. The molecule has 5 heteroatoms. The number of rotatable bonds is 6. The van der Waals surface area contributed by atoms with Crippen molar-refractivity contribution in [2.45, 2.75) is 32.1 Å². The molecule has 1 fully saturated rings. The van der Waals surface area contributed by atoms with Gasteiger partial charge in [0.05, 0.1) is 7.11 Å². The molecule has 100 valence electrons. The Hall–Kier alpha value is -1.52. The van der Waals surface area contributed by atoms with Gasteiger partial charge in [0.15, 0.2) is 11.6 Å². The van der Waals surface area contributed by atoms with Crippen LogP contribution in [0.4, 0.5) is 11.6 Å². The van der Waals surface area contributed by atoms with Gasteiger partial charge < -0.3 is 15.4 Å². The van der Waals surface area contributed by atoms with Crippen LogP contribution >= 0.6 is 0 Å². The third kappa shape index (κ3) is 3.03. The lowest BCUT2D eigenvalue weighted by atomic mass is 10.0. The number of anilines is 2. The van der Waals surface area contributed by atoms with Crippen LogP contribution in [0.1, 0.15) is 32.1 Å². The van der Waals surface area contributed by atoms with Gasteiger partial charge in [-0.15, -0.1) is 0 Å². The van der Waals surface area contributed by atoms with Crippen LogP contribution in [0, 0.1) is 5.92 Å². The van der Waals surface area contributed by atoms with Gasteiger partial charge in [0.1, 0.15) is 6.33 Å². The lowest BCUT2D eigenvalue weighted by molar-refractivity contribution is 0.414. The smallest absolute Gasteiger partial charge is 0.204 e. The SMILES string of the molecule is CNc1ncnc(NCCC2CCCC2)c1OC. The zero-order valence-electron chi connectivity index (χ0n) is 11.2. The summed E-state index contributed by atoms with van der Waals surface area (Å²) >= 11 is 0. The first-order chi connectivity index (χ1) is 8.85. The van der Waals surface area contributed by atoms with Crippen molar-refractivity contribution in [1.29, 1.82) is 0 Å². The summed E-state index contributed by atoms with van der Waals surface area (Å²) in [6.45, 7) is 0.946. The fourth-order valence-corrected chi connectivity index (χ4v) is 2.56.